The third-order valence-corrected chi connectivity index (χ3v) is 5.41. The number of non-ortho nitro benzene ring substituents is 1. The van der Waals surface area contributed by atoms with Gasteiger partial charge in [-0.3, -0.25) is 14.9 Å². The number of amides is 1. The van der Waals surface area contributed by atoms with Gasteiger partial charge in [0.1, 0.15) is 0 Å². The van der Waals surface area contributed by atoms with E-state index in [9.17, 15) is 14.9 Å². The molecule has 0 radical (unpaired) electrons. The minimum Gasteiger partial charge on any atom is -0.342 e. The molecule has 2 atom stereocenters. The van der Waals surface area contributed by atoms with Crippen LogP contribution in [-0.4, -0.2) is 39.8 Å². The molecule has 0 bridgehead atoms. The van der Waals surface area contributed by atoms with E-state index in [2.05, 4.69) is 6.92 Å². The summed E-state index contributed by atoms with van der Waals surface area (Å²) < 4.78 is 0. The lowest BCUT2D eigenvalue weighted by molar-refractivity contribution is -0.384. The van der Waals surface area contributed by atoms with Crippen molar-refractivity contribution >= 4 is 23.4 Å². The molecule has 0 aromatic heterocycles. The van der Waals surface area contributed by atoms with Gasteiger partial charge in [0.15, 0.2) is 0 Å². The van der Waals surface area contributed by atoms with Crippen LogP contribution in [0.15, 0.2) is 24.3 Å². The van der Waals surface area contributed by atoms with Crippen LogP contribution >= 0.6 is 11.8 Å². The van der Waals surface area contributed by atoms with Gasteiger partial charge in [-0.1, -0.05) is 19.1 Å². The SMILES string of the molecule is CCSC1CCC(N(C)C(=O)Cc2cccc([N+](=O)[O-])c2)C1. The standard InChI is InChI=1S/C16H22N2O3S/c1-3-22-15-8-7-13(11-15)17(2)16(19)10-12-5-4-6-14(9-12)18(20)21/h4-6,9,13,15H,3,7-8,10-11H2,1-2H3. The molecule has 2 unspecified atom stereocenters. The molecule has 0 heterocycles. The molecule has 0 spiro atoms. The molecule has 0 N–H and O–H groups in total. The van der Waals surface area contributed by atoms with E-state index < -0.39 is 4.92 Å². The van der Waals surface area contributed by atoms with E-state index in [0.717, 1.165) is 25.0 Å². The summed E-state index contributed by atoms with van der Waals surface area (Å²) >= 11 is 1.97. The van der Waals surface area contributed by atoms with Crippen molar-refractivity contribution in [1.29, 1.82) is 0 Å². The van der Waals surface area contributed by atoms with Gasteiger partial charge in [-0.25, -0.2) is 0 Å². The number of nitro benzene ring substituents is 1. The van der Waals surface area contributed by atoms with Gasteiger partial charge in [-0.05, 0) is 30.6 Å². The Labute approximate surface area is 135 Å². The van der Waals surface area contributed by atoms with Crippen molar-refractivity contribution in [3.8, 4) is 0 Å². The van der Waals surface area contributed by atoms with Crippen LogP contribution in [0, 0.1) is 10.1 Å². The summed E-state index contributed by atoms with van der Waals surface area (Å²) in [4.78, 5) is 24.6. The Morgan fingerprint density at radius 1 is 1.45 bits per heavy atom. The zero-order chi connectivity index (χ0) is 16.1. The topological polar surface area (TPSA) is 63.5 Å². The number of carbonyl (C=O) groups excluding carboxylic acids is 1. The fraction of sp³-hybridized carbons (Fsp3) is 0.562. The Kier molecular flexibility index (Phi) is 5.83. The van der Waals surface area contributed by atoms with Crippen LogP contribution in [0.25, 0.3) is 0 Å². The normalized spacial score (nSPS) is 20.8. The molecule has 2 rings (SSSR count). The van der Waals surface area contributed by atoms with Gasteiger partial charge in [0.05, 0.1) is 11.3 Å². The highest BCUT2D eigenvalue weighted by atomic mass is 32.2. The van der Waals surface area contributed by atoms with Crippen molar-refractivity contribution in [2.45, 2.75) is 43.9 Å². The third kappa shape index (κ3) is 4.22. The zero-order valence-corrected chi connectivity index (χ0v) is 13.8. The highest BCUT2D eigenvalue weighted by molar-refractivity contribution is 7.99. The molecule has 1 fully saturated rings. The molecule has 1 aromatic carbocycles. The first kappa shape index (κ1) is 16.8. The maximum absolute atomic E-state index is 12.4. The summed E-state index contributed by atoms with van der Waals surface area (Å²) in [6.45, 7) is 2.16. The Morgan fingerprint density at radius 2 is 2.23 bits per heavy atom. The molecule has 22 heavy (non-hydrogen) atoms. The smallest absolute Gasteiger partial charge is 0.269 e. The lowest BCUT2D eigenvalue weighted by atomic mass is 10.1. The maximum atomic E-state index is 12.4. The van der Waals surface area contributed by atoms with E-state index >= 15 is 0 Å². The Morgan fingerprint density at radius 3 is 2.91 bits per heavy atom. The number of benzene rings is 1. The predicted octanol–water partition coefficient (Wildman–Crippen LogP) is 3.27. The number of likely N-dealkylation sites (N-methyl/N-ethyl adjacent to an activating group) is 1. The second-order valence-corrected chi connectivity index (χ2v) is 7.23. The Balaban J connectivity index is 1.94. The fourth-order valence-corrected chi connectivity index (χ4v) is 4.07. The molecule has 1 saturated carbocycles. The molecular formula is C16H22N2O3S. The first-order valence-electron chi connectivity index (χ1n) is 7.61. The van der Waals surface area contributed by atoms with Crippen molar-refractivity contribution in [3.05, 3.63) is 39.9 Å². The number of rotatable bonds is 6. The van der Waals surface area contributed by atoms with Crippen molar-refractivity contribution in [2.24, 2.45) is 0 Å². The van der Waals surface area contributed by atoms with Crippen molar-refractivity contribution < 1.29 is 9.72 Å². The monoisotopic (exact) mass is 322 g/mol. The highest BCUT2D eigenvalue weighted by Crippen LogP contribution is 2.32. The molecule has 0 aliphatic heterocycles. The summed E-state index contributed by atoms with van der Waals surface area (Å²) in [5, 5.41) is 11.4. The number of carbonyl (C=O) groups is 1. The number of hydrogen-bond donors (Lipinski definition) is 0. The minimum absolute atomic E-state index is 0.0349. The maximum Gasteiger partial charge on any atom is 0.269 e. The average molecular weight is 322 g/mol. The van der Waals surface area contributed by atoms with Gasteiger partial charge in [-0.15, -0.1) is 0 Å². The Hall–Kier alpha value is -1.56. The first-order valence-corrected chi connectivity index (χ1v) is 8.66. The van der Waals surface area contributed by atoms with Crippen LogP contribution in [0.4, 0.5) is 5.69 Å². The number of thioether (sulfide) groups is 1. The van der Waals surface area contributed by atoms with Gasteiger partial charge >= 0.3 is 0 Å². The molecule has 0 saturated heterocycles. The lowest BCUT2D eigenvalue weighted by Crippen LogP contribution is -2.36. The van der Waals surface area contributed by atoms with Crippen LogP contribution in [0.1, 0.15) is 31.7 Å². The van der Waals surface area contributed by atoms with E-state index in [0.29, 0.717) is 16.9 Å². The van der Waals surface area contributed by atoms with Crippen molar-refractivity contribution in [3.63, 3.8) is 0 Å². The minimum atomic E-state index is -0.429. The van der Waals surface area contributed by atoms with Crippen molar-refractivity contribution in [2.75, 3.05) is 12.8 Å². The zero-order valence-electron chi connectivity index (χ0n) is 13.0. The van der Waals surface area contributed by atoms with Gasteiger partial charge < -0.3 is 4.90 Å². The largest absolute Gasteiger partial charge is 0.342 e. The van der Waals surface area contributed by atoms with Gasteiger partial charge in [0, 0.05) is 30.5 Å². The molecule has 1 aromatic rings. The van der Waals surface area contributed by atoms with Crippen LogP contribution in [0.3, 0.4) is 0 Å². The summed E-state index contributed by atoms with van der Waals surface area (Å²) in [7, 11) is 1.85. The third-order valence-electron chi connectivity index (χ3n) is 4.18. The molecule has 1 aliphatic carbocycles. The molecule has 1 amide bonds. The summed E-state index contributed by atoms with van der Waals surface area (Å²) in [5.41, 5.74) is 0.733. The van der Waals surface area contributed by atoms with Gasteiger partial charge in [-0.2, -0.15) is 11.8 Å². The van der Waals surface area contributed by atoms with E-state index in [-0.39, 0.29) is 18.0 Å². The molecule has 5 nitrogen and oxygen atoms in total. The van der Waals surface area contributed by atoms with Crippen LogP contribution < -0.4 is 0 Å². The van der Waals surface area contributed by atoms with E-state index in [1.165, 1.54) is 12.1 Å². The van der Waals surface area contributed by atoms with E-state index in [1.807, 2.05) is 23.7 Å². The van der Waals surface area contributed by atoms with E-state index in [1.54, 1.807) is 12.1 Å². The summed E-state index contributed by atoms with van der Waals surface area (Å²) in [6, 6.07) is 6.63. The molecule has 120 valence electrons. The van der Waals surface area contributed by atoms with Crippen molar-refractivity contribution in [1.82, 2.24) is 4.90 Å². The highest BCUT2D eigenvalue weighted by Gasteiger charge is 2.29. The second kappa shape index (κ2) is 7.63. The van der Waals surface area contributed by atoms with Gasteiger partial charge in [0.2, 0.25) is 5.91 Å². The molecule has 1 aliphatic rings. The first-order chi connectivity index (χ1) is 10.5. The average Bonchev–Trinajstić information content (AvgIpc) is 2.95. The van der Waals surface area contributed by atoms with E-state index in [4.69, 9.17) is 0 Å². The van der Waals surface area contributed by atoms with Gasteiger partial charge in [0.25, 0.3) is 5.69 Å². The van der Waals surface area contributed by atoms with Crippen LogP contribution in [-0.2, 0) is 11.2 Å². The predicted molar refractivity (Wildman–Crippen MR) is 89.1 cm³/mol. The number of nitro groups is 1. The fourth-order valence-electron chi connectivity index (χ4n) is 2.94. The number of hydrogen-bond acceptors (Lipinski definition) is 4. The molecule has 6 heteroatoms. The molecular weight excluding hydrogens is 300 g/mol. The second-order valence-electron chi connectivity index (χ2n) is 5.65. The lowest BCUT2D eigenvalue weighted by Gasteiger charge is -2.24. The number of nitrogens with zero attached hydrogens (tertiary/aromatic N) is 2. The quantitative estimate of drug-likeness (QED) is 0.595. The van der Waals surface area contributed by atoms with Crippen LogP contribution in [0.2, 0.25) is 0 Å². The summed E-state index contributed by atoms with van der Waals surface area (Å²) in [5.74, 6) is 1.15. The van der Waals surface area contributed by atoms with Crippen LogP contribution in [0.5, 0.6) is 0 Å². The summed E-state index contributed by atoms with van der Waals surface area (Å²) in [6.07, 6.45) is 3.49. The Bertz CT molecular complexity index is 550.